The van der Waals surface area contributed by atoms with Crippen LogP contribution in [0.15, 0.2) is 11.2 Å². The number of likely N-dealkylation sites (tertiary alicyclic amines) is 1. The topological polar surface area (TPSA) is 96.3 Å². The van der Waals surface area contributed by atoms with E-state index in [1.807, 2.05) is 7.05 Å². The molecule has 1 aromatic heterocycles. The van der Waals surface area contributed by atoms with Crippen LogP contribution in [-0.2, 0) is 21.9 Å². The van der Waals surface area contributed by atoms with Gasteiger partial charge in [0.1, 0.15) is 5.82 Å². The molecule has 1 fully saturated rings. The second-order valence-electron chi connectivity index (χ2n) is 6.28. The third-order valence-corrected chi connectivity index (χ3v) is 5.82. The van der Waals surface area contributed by atoms with Gasteiger partial charge in [-0.05, 0) is 45.7 Å². The first kappa shape index (κ1) is 18.9. The van der Waals surface area contributed by atoms with Crippen molar-refractivity contribution in [2.45, 2.75) is 31.2 Å². The van der Waals surface area contributed by atoms with E-state index < -0.39 is 10.0 Å². The lowest BCUT2D eigenvalue weighted by Gasteiger charge is -2.32. The summed E-state index contributed by atoms with van der Waals surface area (Å²) in [6, 6.07) is 0. The molecule has 0 bridgehead atoms. The highest BCUT2D eigenvalue weighted by Gasteiger charge is 2.25. The maximum absolute atomic E-state index is 12.2. The molecule has 1 saturated heterocycles. The summed E-state index contributed by atoms with van der Waals surface area (Å²) < 4.78 is 28.4. The average Bonchev–Trinajstić information content (AvgIpc) is 2.91. The van der Waals surface area contributed by atoms with E-state index in [4.69, 9.17) is 0 Å². The lowest BCUT2D eigenvalue weighted by atomic mass is 9.93. The SMILES string of the molecule is CNCCC1CCN(C(=O)CNS(=O)(=O)c2cn(C)c(C)n2)CC1. The van der Waals surface area contributed by atoms with E-state index in [-0.39, 0.29) is 17.5 Å². The minimum absolute atomic E-state index is 0.0546. The maximum Gasteiger partial charge on any atom is 0.260 e. The maximum atomic E-state index is 12.2. The van der Waals surface area contributed by atoms with Crippen LogP contribution < -0.4 is 10.0 Å². The number of carbonyl (C=O) groups is 1. The van der Waals surface area contributed by atoms with Crippen molar-refractivity contribution < 1.29 is 13.2 Å². The van der Waals surface area contributed by atoms with E-state index >= 15 is 0 Å². The predicted molar refractivity (Wildman–Crippen MR) is 91.0 cm³/mol. The molecule has 0 spiro atoms. The average molecular weight is 357 g/mol. The number of piperidine rings is 1. The van der Waals surface area contributed by atoms with Gasteiger partial charge in [0, 0.05) is 26.3 Å². The Bertz CT molecular complexity index is 643. The summed E-state index contributed by atoms with van der Waals surface area (Å²) in [5.74, 6) is 1.05. The molecule has 1 aromatic rings. The molecule has 2 N–H and O–H groups in total. The summed E-state index contributed by atoms with van der Waals surface area (Å²) in [7, 11) is -0.0909. The summed E-state index contributed by atoms with van der Waals surface area (Å²) in [5, 5.41) is 3.09. The van der Waals surface area contributed by atoms with Gasteiger partial charge in [-0.15, -0.1) is 0 Å². The summed E-state index contributed by atoms with van der Waals surface area (Å²) in [6.07, 6.45) is 4.50. The van der Waals surface area contributed by atoms with Crippen LogP contribution in [0.5, 0.6) is 0 Å². The summed E-state index contributed by atoms with van der Waals surface area (Å²) in [6.45, 7) is 3.87. The van der Waals surface area contributed by atoms with Crippen LogP contribution in [0.1, 0.15) is 25.1 Å². The minimum Gasteiger partial charge on any atom is -0.342 e. The second-order valence-corrected chi connectivity index (χ2v) is 7.99. The number of aryl methyl sites for hydroxylation is 2. The molecule has 2 rings (SSSR count). The van der Waals surface area contributed by atoms with Gasteiger partial charge < -0.3 is 14.8 Å². The first-order chi connectivity index (χ1) is 11.3. The molecule has 2 heterocycles. The molecule has 136 valence electrons. The molecule has 24 heavy (non-hydrogen) atoms. The van der Waals surface area contributed by atoms with E-state index in [1.54, 1.807) is 23.4 Å². The Balaban J connectivity index is 1.83. The highest BCUT2D eigenvalue weighted by atomic mass is 32.2. The lowest BCUT2D eigenvalue weighted by Crippen LogP contribution is -2.44. The molecular formula is C15H27N5O3S. The van der Waals surface area contributed by atoms with Gasteiger partial charge in [-0.3, -0.25) is 4.79 Å². The summed E-state index contributed by atoms with van der Waals surface area (Å²) in [4.78, 5) is 18.0. The number of carbonyl (C=O) groups excluding carboxylic acids is 1. The molecule has 1 aliphatic rings. The van der Waals surface area contributed by atoms with Gasteiger partial charge in [0.2, 0.25) is 5.91 Å². The Morgan fingerprint density at radius 1 is 1.38 bits per heavy atom. The standard InChI is InChI=1S/C15H27N5O3S/c1-12-18-14(11-19(12)3)24(22,23)17-10-15(21)20-8-5-13(6-9-20)4-7-16-2/h11,13,16-17H,4-10H2,1-3H3. The van der Waals surface area contributed by atoms with Crippen molar-refractivity contribution in [2.75, 3.05) is 33.2 Å². The lowest BCUT2D eigenvalue weighted by molar-refractivity contribution is -0.131. The van der Waals surface area contributed by atoms with Gasteiger partial charge in [0.05, 0.1) is 6.54 Å². The molecule has 0 unspecified atom stereocenters. The van der Waals surface area contributed by atoms with Crippen LogP contribution in [-0.4, -0.2) is 62.0 Å². The number of aromatic nitrogens is 2. The molecule has 0 aromatic carbocycles. The number of amides is 1. The molecule has 0 atom stereocenters. The molecule has 0 saturated carbocycles. The molecule has 1 aliphatic heterocycles. The molecular weight excluding hydrogens is 330 g/mol. The number of hydrogen-bond acceptors (Lipinski definition) is 5. The van der Waals surface area contributed by atoms with Crippen LogP contribution in [0.25, 0.3) is 0 Å². The number of nitrogens with one attached hydrogen (secondary N) is 2. The van der Waals surface area contributed by atoms with Crippen LogP contribution in [0.3, 0.4) is 0 Å². The van der Waals surface area contributed by atoms with Crippen LogP contribution in [0.2, 0.25) is 0 Å². The van der Waals surface area contributed by atoms with Crippen molar-refractivity contribution in [3.05, 3.63) is 12.0 Å². The van der Waals surface area contributed by atoms with Crippen LogP contribution >= 0.6 is 0 Å². The fourth-order valence-electron chi connectivity index (χ4n) is 2.82. The smallest absolute Gasteiger partial charge is 0.260 e. The fraction of sp³-hybridized carbons (Fsp3) is 0.733. The Morgan fingerprint density at radius 2 is 2.04 bits per heavy atom. The monoisotopic (exact) mass is 357 g/mol. The normalized spacial score (nSPS) is 16.5. The van der Waals surface area contributed by atoms with Crippen molar-refractivity contribution in [3.63, 3.8) is 0 Å². The number of sulfonamides is 1. The Kier molecular flexibility index (Phi) is 6.36. The zero-order chi connectivity index (χ0) is 17.7. The first-order valence-electron chi connectivity index (χ1n) is 8.25. The number of nitrogens with zero attached hydrogens (tertiary/aromatic N) is 3. The Hall–Kier alpha value is -1.45. The first-order valence-corrected chi connectivity index (χ1v) is 9.74. The van der Waals surface area contributed by atoms with Crippen LogP contribution in [0.4, 0.5) is 0 Å². The van der Waals surface area contributed by atoms with E-state index in [1.165, 1.54) is 6.20 Å². The third-order valence-electron chi connectivity index (χ3n) is 4.55. The second kappa shape index (κ2) is 8.09. The highest BCUT2D eigenvalue weighted by molar-refractivity contribution is 7.89. The molecule has 1 amide bonds. The molecule has 0 aliphatic carbocycles. The Labute approximate surface area is 143 Å². The van der Waals surface area contributed by atoms with Crippen LogP contribution in [0, 0.1) is 12.8 Å². The minimum atomic E-state index is -3.76. The molecule has 9 heteroatoms. The highest BCUT2D eigenvalue weighted by Crippen LogP contribution is 2.20. The summed E-state index contributed by atoms with van der Waals surface area (Å²) >= 11 is 0. The van der Waals surface area contributed by atoms with Crippen molar-refractivity contribution in [1.82, 2.24) is 24.5 Å². The van der Waals surface area contributed by atoms with E-state index in [9.17, 15) is 13.2 Å². The van der Waals surface area contributed by atoms with Gasteiger partial charge in [-0.2, -0.15) is 0 Å². The van der Waals surface area contributed by atoms with E-state index in [0.29, 0.717) is 24.8 Å². The quantitative estimate of drug-likeness (QED) is 0.708. The van der Waals surface area contributed by atoms with Gasteiger partial charge >= 0.3 is 0 Å². The summed E-state index contributed by atoms with van der Waals surface area (Å²) in [5.41, 5.74) is 0. The van der Waals surface area contributed by atoms with Gasteiger partial charge in [0.25, 0.3) is 10.0 Å². The zero-order valence-electron chi connectivity index (χ0n) is 14.6. The fourth-order valence-corrected chi connectivity index (χ4v) is 3.83. The number of hydrogen-bond donors (Lipinski definition) is 2. The van der Waals surface area contributed by atoms with Gasteiger partial charge in [0.15, 0.2) is 5.03 Å². The predicted octanol–water partition coefficient (Wildman–Crippen LogP) is -0.145. The van der Waals surface area contributed by atoms with Crippen molar-refractivity contribution in [3.8, 4) is 0 Å². The van der Waals surface area contributed by atoms with E-state index in [2.05, 4.69) is 15.0 Å². The third kappa shape index (κ3) is 4.78. The van der Waals surface area contributed by atoms with Gasteiger partial charge in [-0.1, -0.05) is 0 Å². The molecule has 0 radical (unpaired) electrons. The number of imidazole rings is 1. The zero-order valence-corrected chi connectivity index (χ0v) is 15.4. The van der Waals surface area contributed by atoms with Gasteiger partial charge in [-0.25, -0.2) is 18.1 Å². The van der Waals surface area contributed by atoms with Crippen molar-refractivity contribution in [2.24, 2.45) is 13.0 Å². The Morgan fingerprint density at radius 3 is 2.58 bits per heavy atom. The van der Waals surface area contributed by atoms with Crippen molar-refractivity contribution in [1.29, 1.82) is 0 Å². The largest absolute Gasteiger partial charge is 0.342 e. The van der Waals surface area contributed by atoms with E-state index in [0.717, 1.165) is 25.8 Å². The van der Waals surface area contributed by atoms with Crippen molar-refractivity contribution >= 4 is 15.9 Å². The number of rotatable bonds is 7. The molecule has 8 nitrogen and oxygen atoms in total.